The van der Waals surface area contributed by atoms with E-state index >= 15 is 4.39 Å². The Labute approximate surface area is 177 Å². The molecule has 1 aliphatic carbocycles. The molecule has 0 bridgehead atoms. The van der Waals surface area contributed by atoms with Gasteiger partial charge >= 0.3 is 12.2 Å². The van der Waals surface area contributed by atoms with Crippen molar-refractivity contribution in [1.82, 2.24) is 10.6 Å². The molecule has 0 unspecified atom stereocenters. The van der Waals surface area contributed by atoms with Crippen molar-refractivity contribution in [2.45, 2.75) is 90.1 Å². The molecule has 1 aliphatic rings. The Balaban J connectivity index is 2.07. The zero-order valence-corrected chi connectivity index (χ0v) is 18.5. The summed E-state index contributed by atoms with van der Waals surface area (Å²) in [5.74, 6) is 0. The zero-order valence-electron chi connectivity index (χ0n) is 18.5. The van der Waals surface area contributed by atoms with Gasteiger partial charge in [-0.05, 0) is 53.5 Å². The highest BCUT2D eigenvalue weighted by Gasteiger charge is 2.47. The second-order valence-corrected chi connectivity index (χ2v) is 9.45. The third-order valence-corrected chi connectivity index (χ3v) is 4.29. The molecule has 0 aliphatic heterocycles. The highest BCUT2D eigenvalue weighted by molar-refractivity contribution is 5.69. The van der Waals surface area contributed by atoms with Gasteiger partial charge in [-0.2, -0.15) is 0 Å². The molecule has 0 aromatic heterocycles. The normalized spacial score (nSPS) is 24.2. The van der Waals surface area contributed by atoms with Gasteiger partial charge in [0, 0.05) is 0 Å². The highest BCUT2D eigenvalue weighted by atomic mass is 19.1. The number of alkyl carbamates (subject to hydrolysis) is 2. The van der Waals surface area contributed by atoms with Crippen LogP contribution in [-0.2, 0) is 20.8 Å². The summed E-state index contributed by atoms with van der Waals surface area (Å²) in [5, 5.41) is 5.24. The first-order valence-corrected chi connectivity index (χ1v) is 10.1. The van der Waals surface area contributed by atoms with E-state index < -0.39 is 47.7 Å². The molecule has 1 saturated carbocycles. The summed E-state index contributed by atoms with van der Waals surface area (Å²) in [6.45, 7) is 10.6. The quantitative estimate of drug-likeness (QED) is 0.743. The monoisotopic (exact) mass is 424 g/mol. The van der Waals surface area contributed by atoms with E-state index in [-0.39, 0.29) is 13.0 Å². The predicted octanol–water partition coefficient (Wildman–Crippen LogP) is 4.10. The summed E-state index contributed by atoms with van der Waals surface area (Å²) in [6, 6.07) is 7.82. The molecule has 8 heteroatoms. The average Bonchev–Trinajstić information content (AvgIpc) is 2.85. The number of hydrogen-bond donors (Lipinski definition) is 2. The number of ether oxygens (including phenoxy) is 3. The fourth-order valence-corrected chi connectivity index (χ4v) is 3.16. The molecule has 2 amide bonds. The molecule has 0 spiro atoms. The SMILES string of the molecule is CC(C)(C)OC(=O)N[C@H]1C[C@@H](NC(=O)OC(C)(C)C)[C@H](OCc2ccccc2)[C@H]1F. The molecular weight excluding hydrogens is 391 g/mol. The highest BCUT2D eigenvalue weighted by Crippen LogP contribution is 2.28. The Hall–Kier alpha value is -2.35. The molecule has 7 nitrogen and oxygen atoms in total. The molecule has 1 aromatic carbocycles. The van der Waals surface area contributed by atoms with Crippen LogP contribution in [0, 0.1) is 0 Å². The predicted molar refractivity (Wildman–Crippen MR) is 111 cm³/mol. The van der Waals surface area contributed by atoms with Gasteiger partial charge in [-0.1, -0.05) is 30.3 Å². The van der Waals surface area contributed by atoms with Crippen LogP contribution in [0.1, 0.15) is 53.5 Å². The van der Waals surface area contributed by atoms with Gasteiger partial charge in [0.1, 0.15) is 23.5 Å². The van der Waals surface area contributed by atoms with Crippen molar-refractivity contribution in [2.24, 2.45) is 0 Å². The van der Waals surface area contributed by atoms with Crippen molar-refractivity contribution < 1.29 is 28.2 Å². The van der Waals surface area contributed by atoms with E-state index in [4.69, 9.17) is 14.2 Å². The van der Waals surface area contributed by atoms with Crippen LogP contribution in [-0.4, -0.2) is 47.7 Å². The van der Waals surface area contributed by atoms with E-state index in [1.165, 1.54) is 0 Å². The van der Waals surface area contributed by atoms with E-state index in [1.54, 1.807) is 41.5 Å². The first kappa shape index (κ1) is 23.9. The maximum Gasteiger partial charge on any atom is 0.407 e. The second-order valence-electron chi connectivity index (χ2n) is 9.45. The summed E-state index contributed by atoms with van der Waals surface area (Å²) < 4.78 is 31.5. The molecule has 4 atom stereocenters. The number of benzene rings is 1. The summed E-state index contributed by atoms with van der Waals surface area (Å²) in [5.41, 5.74) is -0.512. The van der Waals surface area contributed by atoms with Crippen LogP contribution in [0.5, 0.6) is 0 Å². The minimum atomic E-state index is -1.53. The third kappa shape index (κ3) is 7.82. The van der Waals surface area contributed by atoms with Crippen LogP contribution in [0.25, 0.3) is 0 Å². The van der Waals surface area contributed by atoms with Gasteiger partial charge in [-0.25, -0.2) is 14.0 Å². The molecule has 1 fully saturated rings. The van der Waals surface area contributed by atoms with Crippen LogP contribution < -0.4 is 10.6 Å². The van der Waals surface area contributed by atoms with Gasteiger partial charge in [0.05, 0.1) is 18.7 Å². The molecule has 2 N–H and O–H groups in total. The number of carbonyl (C=O) groups is 2. The maximum atomic E-state index is 15.2. The van der Waals surface area contributed by atoms with Crippen molar-refractivity contribution in [2.75, 3.05) is 0 Å². The number of carbonyl (C=O) groups excluding carboxylic acids is 2. The first-order chi connectivity index (χ1) is 13.8. The average molecular weight is 425 g/mol. The zero-order chi connectivity index (χ0) is 22.5. The number of nitrogens with one attached hydrogen (secondary N) is 2. The summed E-state index contributed by atoms with van der Waals surface area (Å²) >= 11 is 0. The van der Waals surface area contributed by atoms with E-state index in [1.807, 2.05) is 30.3 Å². The van der Waals surface area contributed by atoms with Gasteiger partial charge in [-0.3, -0.25) is 0 Å². The van der Waals surface area contributed by atoms with E-state index in [2.05, 4.69) is 10.6 Å². The van der Waals surface area contributed by atoms with E-state index in [0.717, 1.165) is 5.56 Å². The van der Waals surface area contributed by atoms with Crippen molar-refractivity contribution >= 4 is 12.2 Å². The standard InChI is InChI=1S/C22H33FN2O5/c1-21(2,3)29-19(26)24-15-12-16(25-20(27)30-22(4,5)6)18(17(15)23)28-13-14-10-8-7-9-11-14/h7-11,15-18H,12-13H2,1-6H3,(H,24,26)(H,25,27)/t15-,16+,17-,18-/m0/s1. The molecular formula is C22H33FN2O5. The largest absolute Gasteiger partial charge is 0.444 e. The van der Waals surface area contributed by atoms with Crippen LogP contribution in [0.3, 0.4) is 0 Å². The van der Waals surface area contributed by atoms with Crippen LogP contribution in [0.15, 0.2) is 30.3 Å². The molecule has 30 heavy (non-hydrogen) atoms. The minimum absolute atomic E-state index is 0.152. The van der Waals surface area contributed by atoms with Crippen LogP contribution in [0.4, 0.5) is 14.0 Å². The second kappa shape index (κ2) is 9.64. The van der Waals surface area contributed by atoms with Crippen molar-refractivity contribution in [3.63, 3.8) is 0 Å². The van der Waals surface area contributed by atoms with Crippen molar-refractivity contribution in [1.29, 1.82) is 0 Å². The lowest BCUT2D eigenvalue weighted by atomic mass is 10.2. The first-order valence-electron chi connectivity index (χ1n) is 10.1. The lowest BCUT2D eigenvalue weighted by molar-refractivity contribution is -0.0183. The van der Waals surface area contributed by atoms with Gasteiger partial charge in [0.2, 0.25) is 0 Å². The topological polar surface area (TPSA) is 85.9 Å². The fraction of sp³-hybridized carbons (Fsp3) is 0.636. The molecule has 1 aromatic rings. The lowest BCUT2D eigenvalue weighted by Crippen LogP contribution is -2.46. The van der Waals surface area contributed by atoms with Gasteiger partial charge in [0.15, 0.2) is 0 Å². The van der Waals surface area contributed by atoms with Gasteiger partial charge in [0.25, 0.3) is 0 Å². The lowest BCUT2D eigenvalue weighted by Gasteiger charge is -2.25. The Kier molecular flexibility index (Phi) is 7.69. The number of hydrogen-bond acceptors (Lipinski definition) is 5. The number of alkyl halides is 1. The van der Waals surface area contributed by atoms with Gasteiger partial charge < -0.3 is 24.8 Å². The summed E-state index contributed by atoms with van der Waals surface area (Å²) in [4.78, 5) is 24.3. The Bertz CT molecular complexity index is 714. The third-order valence-electron chi connectivity index (χ3n) is 4.29. The summed E-state index contributed by atoms with van der Waals surface area (Å²) in [7, 11) is 0. The Morgan fingerprint density at radius 2 is 1.43 bits per heavy atom. The van der Waals surface area contributed by atoms with E-state index in [0.29, 0.717) is 0 Å². The molecule has 0 heterocycles. The number of rotatable bonds is 5. The minimum Gasteiger partial charge on any atom is -0.444 e. The fourth-order valence-electron chi connectivity index (χ4n) is 3.16. The number of amides is 2. The molecule has 2 rings (SSSR count). The summed E-state index contributed by atoms with van der Waals surface area (Å²) in [6.07, 6.45) is -3.70. The van der Waals surface area contributed by atoms with Crippen LogP contribution in [0.2, 0.25) is 0 Å². The molecule has 168 valence electrons. The smallest absolute Gasteiger partial charge is 0.407 e. The van der Waals surface area contributed by atoms with Crippen molar-refractivity contribution in [3.05, 3.63) is 35.9 Å². The Morgan fingerprint density at radius 3 is 1.93 bits per heavy atom. The molecule has 0 saturated heterocycles. The maximum absolute atomic E-state index is 15.2. The van der Waals surface area contributed by atoms with Crippen molar-refractivity contribution in [3.8, 4) is 0 Å². The van der Waals surface area contributed by atoms with Crippen LogP contribution >= 0.6 is 0 Å². The van der Waals surface area contributed by atoms with Gasteiger partial charge in [-0.15, -0.1) is 0 Å². The number of halogens is 1. The van der Waals surface area contributed by atoms with E-state index in [9.17, 15) is 9.59 Å². The Morgan fingerprint density at radius 1 is 0.933 bits per heavy atom. The molecule has 0 radical (unpaired) electrons.